The van der Waals surface area contributed by atoms with Crippen LogP contribution in [0.2, 0.25) is 0 Å². The molecular formula is C37H42FN7O4. The van der Waals surface area contributed by atoms with Crippen molar-refractivity contribution in [3.05, 3.63) is 66.1 Å². The number of carbonyl (C=O) groups is 3. The number of halogens is 1. The average molecular weight is 668 g/mol. The summed E-state index contributed by atoms with van der Waals surface area (Å²) in [7, 11) is 1.42. The molecule has 3 aliphatic rings. The Kier molecular flexibility index (Phi) is 9.31. The number of nitrogens with zero attached hydrogens (tertiary/aromatic N) is 6. The van der Waals surface area contributed by atoms with Gasteiger partial charge in [0.25, 0.3) is 5.91 Å². The van der Waals surface area contributed by atoms with Crippen LogP contribution in [0.15, 0.2) is 54.7 Å². The Balaban J connectivity index is 1.01. The number of piperidine rings is 2. The molecule has 11 nitrogen and oxygen atoms in total. The number of aromatic amines is 1. The third-order valence-corrected chi connectivity index (χ3v) is 10.4. The number of H-pyrrole nitrogens is 1. The molecule has 0 atom stereocenters. The summed E-state index contributed by atoms with van der Waals surface area (Å²) in [6.45, 7) is 7.12. The van der Waals surface area contributed by atoms with Crippen LogP contribution in [-0.2, 0) is 9.59 Å². The van der Waals surface area contributed by atoms with E-state index in [1.807, 2.05) is 39.0 Å². The second kappa shape index (κ2) is 13.9. The first-order valence-corrected chi connectivity index (χ1v) is 17.1. The van der Waals surface area contributed by atoms with Gasteiger partial charge in [0.05, 0.1) is 30.2 Å². The smallest absolute Gasteiger partial charge is 0.254 e. The summed E-state index contributed by atoms with van der Waals surface area (Å²) in [5.74, 6) is -0.121. The summed E-state index contributed by atoms with van der Waals surface area (Å²) in [6.07, 6.45) is 5.07. The van der Waals surface area contributed by atoms with Crippen LogP contribution in [0, 0.1) is 11.7 Å². The molecule has 7 rings (SSSR count). The van der Waals surface area contributed by atoms with Gasteiger partial charge in [0.15, 0.2) is 11.6 Å². The van der Waals surface area contributed by atoms with Gasteiger partial charge in [-0.1, -0.05) is 6.07 Å². The van der Waals surface area contributed by atoms with Crippen molar-refractivity contribution < 1.29 is 23.5 Å². The van der Waals surface area contributed by atoms with Gasteiger partial charge in [-0.25, -0.2) is 9.37 Å². The Morgan fingerprint density at radius 3 is 2.10 bits per heavy atom. The molecule has 0 radical (unpaired) electrons. The van der Waals surface area contributed by atoms with Crippen molar-refractivity contribution in [2.45, 2.75) is 38.6 Å². The van der Waals surface area contributed by atoms with Crippen molar-refractivity contribution >= 4 is 28.6 Å². The van der Waals surface area contributed by atoms with E-state index in [2.05, 4.69) is 15.1 Å². The van der Waals surface area contributed by atoms with Gasteiger partial charge >= 0.3 is 0 Å². The fraction of sp³-hybridized carbons (Fsp3) is 0.432. The molecule has 2 aromatic heterocycles. The maximum absolute atomic E-state index is 14.7. The predicted octanol–water partition coefficient (Wildman–Crippen LogP) is 4.45. The van der Waals surface area contributed by atoms with Crippen LogP contribution in [0.1, 0.15) is 43.0 Å². The third-order valence-electron chi connectivity index (χ3n) is 10.4. The van der Waals surface area contributed by atoms with E-state index in [0.29, 0.717) is 54.7 Å². The largest absolute Gasteiger partial charge is 0.494 e. The van der Waals surface area contributed by atoms with Gasteiger partial charge in [-0.2, -0.15) is 5.10 Å². The molecule has 3 amide bonds. The third kappa shape index (κ3) is 6.87. The van der Waals surface area contributed by atoms with E-state index in [4.69, 9.17) is 9.72 Å². The number of pyridine rings is 1. The van der Waals surface area contributed by atoms with Crippen LogP contribution in [0.5, 0.6) is 5.75 Å². The van der Waals surface area contributed by atoms with Crippen molar-refractivity contribution in [2.75, 3.05) is 59.5 Å². The van der Waals surface area contributed by atoms with Gasteiger partial charge in [0.1, 0.15) is 0 Å². The molecule has 4 aromatic rings. The SMILES string of the molecule is COc1ccc(-c2cc(C(=O)N3CCN(C4CCN(C(=O)C5CCN(C(C)=O)CC5)CC4)CC3)cc(-c3ccc4[nH]ncc4c3)n2)cc1F. The van der Waals surface area contributed by atoms with Crippen molar-refractivity contribution in [3.8, 4) is 28.3 Å². The zero-order chi connectivity index (χ0) is 34.1. The maximum atomic E-state index is 14.7. The summed E-state index contributed by atoms with van der Waals surface area (Å²) < 4.78 is 19.9. The molecule has 0 aliphatic carbocycles. The molecule has 0 saturated carbocycles. The Labute approximate surface area is 285 Å². The topological polar surface area (TPSA) is 115 Å². The average Bonchev–Trinajstić information content (AvgIpc) is 3.62. The first-order valence-electron chi connectivity index (χ1n) is 17.1. The van der Waals surface area contributed by atoms with Crippen LogP contribution in [0.3, 0.4) is 0 Å². The fourth-order valence-electron chi connectivity index (χ4n) is 7.50. The zero-order valence-electron chi connectivity index (χ0n) is 28.0. The zero-order valence-corrected chi connectivity index (χ0v) is 28.0. The molecule has 0 spiro atoms. The van der Waals surface area contributed by atoms with E-state index in [9.17, 15) is 18.8 Å². The first-order chi connectivity index (χ1) is 23.8. The quantitative estimate of drug-likeness (QED) is 0.323. The van der Waals surface area contributed by atoms with Crippen molar-refractivity contribution in [1.29, 1.82) is 0 Å². The first kappa shape index (κ1) is 32.7. The van der Waals surface area contributed by atoms with Gasteiger partial charge in [-0.15, -0.1) is 0 Å². The number of rotatable bonds is 6. The van der Waals surface area contributed by atoms with Crippen molar-refractivity contribution in [1.82, 2.24) is 34.8 Å². The number of nitrogens with one attached hydrogen (secondary N) is 1. The lowest BCUT2D eigenvalue weighted by atomic mass is 9.93. The molecule has 1 N–H and O–H groups in total. The summed E-state index contributed by atoms with van der Waals surface area (Å²) in [5.41, 5.74) is 3.89. The van der Waals surface area contributed by atoms with E-state index in [0.717, 1.165) is 68.3 Å². The number of fused-ring (bicyclic) bond motifs is 1. The van der Waals surface area contributed by atoms with Gasteiger partial charge in [-0.05, 0) is 68.1 Å². The van der Waals surface area contributed by atoms with Gasteiger partial charge < -0.3 is 19.4 Å². The minimum Gasteiger partial charge on any atom is -0.494 e. The number of aromatic nitrogens is 3. The second-order valence-electron chi connectivity index (χ2n) is 13.3. The van der Waals surface area contributed by atoms with Crippen LogP contribution in [0.25, 0.3) is 33.4 Å². The molecule has 3 fully saturated rings. The monoisotopic (exact) mass is 667 g/mol. The van der Waals surface area contributed by atoms with E-state index < -0.39 is 5.82 Å². The molecule has 49 heavy (non-hydrogen) atoms. The van der Waals surface area contributed by atoms with Crippen LogP contribution in [-0.4, -0.2) is 118 Å². The Bertz CT molecular complexity index is 1850. The van der Waals surface area contributed by atoms with Crippen molar-refractivity contribution in [2.24, 2.45) is 5.92 Å². The maximum Gasteiger partial charge on any atom is 0.254 e. The molecule has 256 valence electrons. The van der Waals surface area contributed by atoms with E-state index in [1.165, 1.54) is 13.2 Å². The van der Waals surface area contributed by atoms with Gasteiger partial charge in [0.2, 0.25) is 11.8 Å². The number of ether oxygens (including phenoxy) is 1. The highest BCUT2D eigenvalue weighted by molar-refractivity contribution is 5.97. The molecule has 0 unspecified atom stereocenters. The number of benzene rings is 2. The second-order valence-corrected chi connectivity index (χ2v) is 13.3. The summed E-state index contributed by atoms with van der Waals surface area (Å²) in [6, 6.07) is 14.5. The lowest BCUT2D eigenvalue weighted by molar-refractivity contribution is -0.141. The molecule has 3 aliphatic heterocycles. The number of piperazine rings is 1. The number of methoxy groups -OCH3 is 1. The van der Waals surface area contributed by atoms with E-state index in [-0.39, 0.29) is 29.4 Å². The molecular weight excluding hydrogens is 625 g/mol. The number of hydrogen-bond donors (Lipinski definition) is 1. The Morgan fingerprint density at radius 2 is 1.45 bits per heavy atom. The summed E-state index contributed by atoms with van der Waals surface area (Å²) in [5, 5.41) is 8.01. The minimum atomic E-state index is -0.499. The van der Waals surface area contributed by atoms with E-state index in [1.54, 1.807) is 31.3 Å². The van der Waals surface area contributed by atoms with Crippen LogP contribution < -0.4 is 4.74 Å². The molecule has 0 bridgehead atoms. The fourth-order valence-corrected chi connectivity index (χ4v) is 7.50. The Morgan fingerprint density at radius 1 is 0.796 bits per heavy atom. The number of amides is 3. The number of carbonyl (C=O) groups excluding carboxylic acids is 3. The van der Waals surface area contributed by atoms with Gasteiger partial charge in [0, 0.05) is 93.3 Å². The molecule has 5 heterocycles. The molecule has 3 saturated heterocycles. The summed E-state index contributed by atoms with van der Waals surface area (Å²) in [4.78, 5) is 52.0. The molecule has 2 aromatic carbocycles. The highest BCUT2D eigenvalue weighted by Crippen LogP contribution is 2.30. The predicted molar refractivity (Wildman–Crippen MR) is 183 cm³/mol. The van der Waals surface area contributed by atoms with Crippen molar-refractivity contribution in [3.63, 3.8) is 0 Å². The lowest BCUT2D eigenvalue weighted by Gasteiger charge is -2.43. The lowest BCUT2D eigenvalue weighted by Crippen LogP contribution is -2.55. The summed E-state index contributed by atoms with van der Waals surface area (Å²) >= 11 is 0. The standard InChI is InChI=1S/C37H42FN7O4/c1-24(46)42-11-7-25(8-12-42)36(47)44-13-9-30(10-14-44)43-15-17-45(18-16-43)37(48)28-21-33(26-3-5-32-29(19-26)23-39-41-32)40-34(22-28)27-4-6-35(49-2)31(38)20-27/h3-6,19-23,25,30H,7-18H2,1-2H3,(H,39,41). The van der Waals surface area contributed by atoms with E-state index >= 15 is 0 Å². The highest BCUT2D eigenvalue weighted by Gasteiger charge is 2.34. The number of likely N-dealkylation sites (tertiary alicyclic amines) is 2. The van der Waals surface area contributed by atoms with Crippen LogP contribution in [0.4, 0.5) is 4.39 Å². The highest BCUT2D eigenvalue weighted by atomic mass is 19.1. The number of hydrogen-bond acceptors (Lipinski definition) is 7. The van der Waals surface area contributed by atoms with Crippen LogP contribution >= 0.6 is 0 Å². The minimum absolute atomic E-state index is 0.00761. The normalized spacial score (nSPS) is 18.2. The Hall–Kier alpha value is -4.84. The van der Waals surface area contributed by atoms with Gasteiger partial charge in [-0.3, -0.25) is 24.4 Å². The molecule has 12 heteroatoms.